The maximum absolute atomic E-state index is 10.6. The Labute approximate surface area is 114 Å². The summed E-state index contributed by atoms with van der Waals surface area (Å²) < 4.78 is 5.47. The third-order valence-corrected chi connectivity index (χ3v) is 4.09. The molecule has 0 aromatic heterocycles. The van der Waals surface area contributed by atoms with Crippen molar-refractivity contribution < 1.29 is 9.53 Å². The molecule has 0 radical (unpaired) electrons. The summed E-state index contributed by atoms with van der Waals surface area (Å²) in [6.45, 7) is 4.14. The zero-order valence-electron chi connectivity index (χ0n) is 11.9. The second-order valence-electron chi connectivity index (χ2n) is 5.93. The minimum atomic E-state index is -0.311. The topological polar surface area (TPSA) is 38.7 Å². The molecule has 3 nitrogen and oxygen atoms in total. The monoisotopic (exact) mass is 259 g/mol. The molecule has 1 aromatic rings. The number of hydrogen-bond donors (Lipinski definition) is 0. The van der Waals surface area contributed by atoms with E-state index in [1.165, 1.54) is 5.56 Å². The molecule has 1 saturated carbocycles. The third kappa shape index (κ3) is 2.94. The van der Waals surface area contributed by atoms with E-state index in [9.17, 15) is 4.79 Å². The van der Waals surface area contributed by atoms with Gasteiger partial charge in [-0.25, -0.2) is 4.79 Å². The fraction of sp³-hybridized carbons (Fsp3) is 0.562. The number of hydrogen-bond acceptors (Lipinski definition) is 3. The molecule has 3 heteroatoms. The van der Waals surface area contributed by atoms with Gasteiger partial charge < -0.3 is 4.74 Å². The zero-order valence-corrected chi connectivity index (χ0v) is 11.9. The van der Waals surface area contributed by atoms with Crippen LogP contribution in [0.2, 0.25) is 0 Å². The lowest BCUT2D eigenvalue weighted by Gasteiger charge is -2.37. The average molecular weight is 259 g/mol. The largest absolute Gasteiger partial charge is 0.378 e. The van der Waals surface area contributed by atoms with Crippen molar-refractivity contribution >= 4 is 6.08 Å². The third-order valence-electron chi connectivity index (χ3n) is 4.09. The van der Waals surface area contributed by atoms with E-state index in [2.05, 4.69) is 37.0 Å². The minimum absolute atomic E-state index is 0.181. The molecule has 0 bridgehead atoms. The van der Waals surface area contributed by atoms with Crippen LogP contribution in [-0.2, 0) is 21.5 Å². The Bertz CT molecular complexity index is 497. The summed E-state index contributed by atoms with van der Waals surface area (Å²) in [5, 5.41) is 0. The van der Waals surface area contributed by atoms with Crippen molar-refractivity contribution in [2.24, 2.45) is 4.99 Å². The smallest absolute Gasteiger partial charge is 0.235 e. The number of carbonyl (C=O) groups excluding carboxylic acids is 1. The fourth-order valence-electron chi connectivity index (χ4n) is 2.60. The molecule has 1 fully saturated rings. The first kappa shape index (κ1) is 14.0. The number of aliphatic imine (C=N–C) groups is 1. The van der Waals surface area contributed by atoms with E-state index in [4.69, 9.17) is 4.74 Å². The summed E-state index contributed by atoms with van der Waals surface area (Å²) >= 11 is 0. The quantitative estimate of drug-likeness (QED) is 0.600. The molecule has 1 aliphatic rings. The van der Waals surface area contributed by atoms with Crippen molar-refractivity contribution in [3.8, 4) is 0 Å². The van der Waals surface area contributed by atoms with Crippen molar-refractivity contribution in [2.75, 3.05) is 7.11 Å². The van der Waals surface area contributed by atoms with E-state index < -0.39 is 0 Å². The number of ether oxygens (including phenoxy) is 1. The highest BCUT2D eigenvalue weighted by atomic mass is 16.5. The summed E-state index contributed by atoms with van der Waals surface area (Å²) in [4.78, 5) is 14.7. The lowest BCUT2D eigenvalue weighted by atomic mass is 9.72. The second-order valence-corrected chi connectivity index (χ2v) is 5.93. The van der Waals surface area contributed by atoms with Gasteiger partial charge in [-0.3, -0.25) is 0 Å². The SMILES string of the molecule is COC(C)(C)Cc1cccc(C2(N=C=O)CCC2)c1. The molecule has 0 saturated heterocycles. The Kier molecular flexibility index (Phi) is 3.88. The van der Waals surface area contributed by atoms with Crippen LogP contribution < -0.4 is 0 Å². The Morgan fingerprint density at radius 2 is 2.16 bits per heavy atom. The van der Waals surface area contributed by atoms with Gasteiger partial charge in [-0.2, -0.15) is 4.99 Å². The molecule has 0 N–H and O–H groups in total. The van der Waals surface area contributed by atoms with Gasteiger partial charge in [-0.1, -0.05) is 24.3 Å². The first-order valence-electron chi connectivity index (χ1n) is 6.75. The van der Waals surface area contributed by atoms with Gasteiger partial charge in [0.1, 0.15) is 0 Å². The highest BCUT2D eigenvalue weighted by Crippen LogP contribution is 2.44. The van der Waals surface area contributed by atoms with Crippen LogP contribution in [0, 0.1) is 0 Å². The molecule has 1 aliphatic carbocycles. The molecule has 0 unspecified atom stereocenters. The summed E-state index contributed by atoms with van der Waals surface area (Å²) in [7, 11) is 1.73. The van der Waals surface area contributed by atoms with Crippen LogP contribution in [0.1, 0.15) is 44.2 Å². The van der Waals surface area contributed by atoms with Gasteiger partial charge in [0.15, 0.2) is 0 Å². The van der Waals surface area contributed by atoms with Crippen molar-refractivity contribution in [2.45, 2.75) is 50.7 Å². The fourth-order valence-corrected chi connectivity index (χ4v) is 2.60. The van der Waals surface area contributed by atoms with E-state index in [0.29, 0.717) is 0 Å². The van der Waals surface area contributed by atoms with Crippen LogP contribution in [0.5, 0.6) is 0 Å². The molecule has 0 spiro atoms. The molecule has 19 heavy (non-hydrogen) atoms. The van der Waals surface area contributed by atoms with E-state index in [1.807, 2.05) is 6.07 Å². The van der Waals surface area contributed by atoms with Crippen molar-refractivity contribution in [1.82, 2.24) is 0 Å². The summed E-state index contributed by atoms with van der Waals surface area (Å²) in [6, 6.07) is 8.35. The number of methoxy groups -OCH3 is 1. The molecule has 2 rings (SSSR count). The van der Waals surface area contributed by atoms with Crippen LogP contribution in [0.4, 0.5) is 0 Å². The number of rotatable bonds is 5. The predicted molar refractivity (Wildman–Crippen MR) is 74.9 cm³/mol. The molecular formula is C16H21NO2. The molecule has 0 atom stereocenters. The summed E-state index contributed by atoms with van der Waals surface area (Å²) in [6.07, 6.45) is 5.60. The molecule has 1 aromatic carbocycles. The highest BCUT2D eigenvalue weighted by molar-refractivity contribution is 5.40. The second kappa shape index (κ2) is 5.28. The van der Waals surface area contributed by atoms with E-state index in [1.54, 1.807) is 13.2 Å². The van der Waals surface area contributed by atoms with Crippen LogP contribution in [-0.4, -0.2) is 18.8 Å². The zero-order chi connectivity index (χ0) is 13.9. The molecule has 102 valence electrons. The van der Waals surface area contributed by atoms with Gasteiger partial charge in [-0.15, -0.1) is 0 Å². The lowest BCUT2D eigenvalue weighted by Crippen LogP contribution is -2.32. The van der Waals surface area contributed by atoms with Crippen LogP contribution in [0.3, 0.4) is 0 Å². The van der Waals surface area contributed by atoms with Gasteiger partial charge in [0.2, 0.25) is 6.08 Å². The minimum Gasteiger partial charge on any atom is -0.378 e. The van der Waals surface area contributed by atoms with Gasteiger partial charge in [-0.05, 0) is 44.2 Å². The maximum Gasteiger partial charge on any atom is 0.235 e. The standard InChI is InChI=1S/C16H21NO2/c1-15(2,19-3)11-13-6-4-7-14(10-13)16(17-12-18)8-5-9-16/h4,6-7,10H,5,8-9,11H2,1-3H3. The van der Waals surface area contributed by atoms with Crippen molar-refractivity contribution in [3.05, 3.63) is 35.4 Å². The highest BCUT2D eigenvalue weighted by Gasteiger charge is 2.38. The number of nitrogens with zero attached hydrogens (tertiary/aromatic N) is 1. The first-order chi connectivity index (χ1) is 9.01. The molecular weight excluding hydrogens is 238 g/mol. The molecule has 0 aliphatic heterocycles. The molecule has 0 heterocycles. The van der Waals surface area contributed by atoms with Crippen LogP contribution in [0.25, 0.3) is 0 Å². The average Bonchev–Trinajstić information content (AvgIpc) is 2.33. The van der Waals surface area contributed by atoms with Crippen LogP contribution >= 0.6 is 0 Å². The number of benzene rings is 1. The number of isocyanates is 1. The van der Waals surface area contributed by atoms with Gasteiger partial charge in [0, 0.05) is 13.5 Å². The van der Waals surface area contributed by atoms with Gasteiger partial charge >= 0.3 is 0 Å². The first-order valence-corrected chi connectivity index (χ1v) is 6.75. The van der Waals surface area contributed by atoms with Crippen LogP contribution in [0.15, 0.2) is 29.3 Å². The van der Waals surface area contributed by atoms with Crippen molar-refractivity contribution in [3.63, 3.8) is 0 Å². The Morgan fingerprint density at radius 1 is 1.42 bits per heavy atom. The predicted octanol–water partition coefficient (Wildman–Crippen LogP) is 3.37. The van der Waals surface area contributed by atoms with E-state index >= 15 is 0 Å². The Morgan fingerprint density at radius 3 is 2.68 bits per heavy atom. The van der Waals surface area contributed by atoms with Gasteiger partial charge in [0.25, 0.3) is 0 Å². The summed E-state index contributed by atoms with van der Waals surface area (Å²) in [5.41, 5.74) is 1.86. The Balaban J connectivity index is 2.27. The summed E-state index contributed by atoms with van der Waals surface area (Å²) in [5.74, 6) is 0. The van der Waals surface area contributed by atoms with Crippen molar-refractivity contribution in [1.29, 1.82) is 0 Å². The lowest BCUT2D eigenvalue weighted by molar-refractivity contribution is 0.0231. The van der Waals surface area contributed by atoms with E-state index in [0.717, 1.165) is 31.2 Å². The maximum atomic E-state index is 10.6. The van der Waals surface area contributed by atoms with Gasteiger partial charge in [0.05, 0.1) is 11.1 Å². The normalized spacial score (nSPS) is 17.4. The Hall–Kier alpha value is -1.44. The van der Waals surface area contributed by atoms with E-state index in [-0.39, 0.29) is 11.1 Å². The molecule has 0 amide bonds.